The molecule has 5 nitrogen and oxygen atoms in total. The molecule has 7 heteroatoms. The summed E-state index contributed by atoms with van der Waals surface area (Å²) in [4.78, 5) is 19.7. The Labute approximate surface area is 197 Å². The molecule has 0 atom stereocenters. The minimum absolute atomic E-state index is 0.0357. The van der Waals surface area contributed by atoms with Crippen molar-refractivity contribution in [2.45, 2.75) is 26.2 Å². The number of rotatable bonds is 5. The molecule has 1 saturated heterocycles. The first-order valence-corrected chi connectivity index (χ1v) is 12.3. The van der Waals surface area contributed by atoms with Crippen molar-refractivity contribution in [1.82, 2.24) is 9.88 Å². The lowest BCUT2D eigenvalue weighted by Gasteiger charge is -2.20. The predicted molar refractivity (Wildman–Crippen MR) is 135 cm³/mol. The van der Waals surface area contributed by atoms with Crippen LogP contribution in [0.3, 0.4) is 0 Å². The van der Waals surface area contributed by atoms with Crippen LogP contribution in [0.2, 0.25) is 0 Å². The van der Waals surface area contributed by atoms with Crippen LogP contribution in [-0.2, 0) is 5.41 Å². The number of nitrogens with one attached hydrogen (secondary N) is 1. The van der Waals surface area contributed by atoms with E-state index in [1.807, 2.05) is 52.8 Å². The Balaban J connectivity index is 1.47. The van der Waals surface area contributed by atoms with E-state index in [1.165, 1.54) is 16.9 Å². The maximum atomic E-state index is 13.1. The molecule has 0 radical (unpaired) electrons. The molecule has 3 aromatic rings. The number of carbonyl (C=O) groups is 1. The molecule has 1 amide bonds. The average molecular weight is 466 g/mol. The molecular weight excluding hydrogens is 438 g/mol. The summed E-state index contributed by atoms with van der Waals surface area (Å²) in [5.74, 6) is 1.74. The standard InChI is InChI=1S/C25H27N3O2S2/c1-25(2,3)18-7-5-17(6-8-18)23(29)28-13-14-31-22(28)15-20-16-32-24(27-20)26-19-9-11-21(30-4)12-10-19/h5-12,15-16H,13-14H2,1-4H3,(H,26,27)/b22-15+. The Bertz CT molecular complexity index is 1110. The molecule has 1 aliphatic heterocycles. The number of thioether (sulfide) groups is 1. The van der Waals surface area contributed by atoms with E-state index in [0.29, 0.717) is 12.1 Å². The van der Waals surface area contributed by atoms with E-state index >= 15 is 0 Å². The summed E-state index contributed by atoms with van der Waals surface area (Å²) >= 11 is 3.23. The molecule has 0 spiro atoms. The molecule has 0 saturated carbocycles. The van der Waals surface area contributed by atoms with Crippen molar-refractivity contribution in [3.8, 4) is 5.75 Å². The minimum Gasteiger partial charge on any atom is -0.497 e. The summed E-state index contributed by atoms with van der Waals surface area (Å²) in [6, 6.07) is 15.7. The monoisotopic (exact) mass is 465 g/mol. The van der Waals surface area contributed by atoms with Crippen LogP contribution in [0.1, 0.15) is 42.4 Å². The van der Waals surface area contributed by atoms with Crippen molar-refractivity contribution in [1.29, 1.82) is 0 Å². The fourth-order valence-electron chi connectivity index (χ4n) is 3.35. The van der Waals surface area contributed by atoms with Gasteiger partial charge in [-0.15, -0.1) is 23.1 Å². The molecule has 0 aliphatic carbocycles. The van der Waals surface area contributed by atoms with Crippen LogP contribution in [0.25, 0.3) is 6.08 Å². The van der Waals surface area contributed by atoms with Gasteiger partial charge in [-0.2, -0.15) is 0 Å². The van der Waals surface area contributed by atoms with E-state index in [1.54, 1.807) is 18.9 Å². The first-order valence-electron chi connectivity index (χ1n) is 10.5. The highest BCUT2D eigenvalue weighted by Gasteiger charge is 2.26. The minimum atomic E-state index is 0.0357. The fourth-order valence-corrected chi connectivity index (χ4v) is 5.06. The van der Waals surface area contributed by atoms with Gasteiger partial charge in [0.05, 0.1) is 17.8 Å². The maximum Gasteiger partial charge on any atom is 0.258 e. The molecule has 2 aromatic carbocycles. The van der Waals surface area contributed by atoms with Crippen molar-refractivity contribution >= 4 is 45.9 Å². The third-order valence-electron chi connectivity index (χ3n) is 5.21. The smallest absolute Gasteiger partial charge is 0.258 e. The van der Waals surface area contributed by atoms with Crippen molar-refractivity contribution in [2.24, 2.45) is 0 Å². The van der Waals surface area contributed by atoms with Crippen molar-refractivity contribution in [3.63, 3.8) is 0 Å². The number of anilines is 2. The summed E-state index contributed by atoms with van der Waals surface area (Å²) in [5.41, 5.74) is 3.80. The highest BCUT2D eigenvalue weighted by Crippen LogP contribution is 2.33. The zero-order valence-electron chi connectivity index (χ0n) is 18.7. The van der Waals surface area contributed by atoms with Gasteiger partial charge in [-0.25, -0.2) is 4.98 Å². The summed E-state index contributed by atoms with van der Waals surface area (Å²) in [6.45, 7) is 7.23. The number of hydrogen-bond donors (Lipinski definition) is 1. The predicted octanol–water partition coefficient (Wildman–Crippen LogP) is 6.38. The average Bonchev–Trinajstić information content (AvgIpc) is 3.43. The lowest BCUT2D eigenvalue weighted by atomic mass is 9.86. The quantitative estimate of drug-likeness (QED) is 0.474. The highest BCUT2D eigenvalue weighted by molar-refractivity contribution is 8.03. The number of hydrogen-bond acceptors (Lipinski definition) is 6. The number of aromatic nitrogens is 1. The molecule has 0 unspecified atom stereocenters. The van der Waals surface area contributed by atoms with Crippen LogP contribution in [0.5, 0.6) is 5.75 Å². The normalized spacial score (nSPS) is 15.2. The zero-order chi connectivity index (χ0) is 22.7. The van der Waals surface area contributed by atoms with Crippen molar-refractivity contribution < 1.29 is 9.53 Å². The molecule has 32 heavy (non-hydrogen) atoms. The zero-order valence-corrected chi connectivity index (χ0v) is 20.3. The fraction of sp³-hybridized carbons (Fsp3) is 0.280. The van der Waals surface area contributed by atoms with Crippen LogP contribution in [0.4, 0.5) is 10.8 Å². The topological polar surface area (TPSA) is 54.5 Å². The van der Waals surface area contributed by atoms with E-state index in [2.05, 4.69) is 43.2 Å². The summed E-state index contributed by atoms with van der Waals surface area (Å²) in [6.07, 6.45) is 1.99. The Kier molecular flexibility index (Phi) is 6.58. The SMILES string of the molecule is COc1ccc(Nc2nc(/C=C3/SCCN3C(=O)c3ccc(C(C)(C)C)cc3)cs2)cc1. The molecular formula is C25H27N3O2S2. The molecule has 1 N–H and O–H groups in total. The third kappa shape index (κ3) is 5.16. The van der Waals surface area contributed by atoms with Gasteiger partial charge >= 0.3 is 0 Å². The third-order valence-corrected chi connectivity index (χ3v) is 7.01. The maximum absolute atomic E-state index is 13.1. The molecule has 0 bridgehead atoms. The van der Waals surface area contributed by atoms with Gasteiger partial charge in [-0.1, -0.05) is 32.9 Å². The van der Waals surface area contributed by atoms with Gasteiger partial charge in [-0.3, -0.25) is 4.79 Å². The van der Waals surface area contributed by atoms with Crippen LogP contribution in [0.15, 0.2) is 58.9 Å². The summed E-state index contributed by atoms with van der Waals surface area (Å²) in [7, 11) is 1.65. The van der Waals surface area contributed by atoms with Crippen LogP contribution in [-0.4, -0.2) is 35.2 Å². The van der Waals surface area contributed by atoms with Crippen LogP contribution in [0, 0.1) is 0 Å². The highest BCUT2D eigenvalue weighted by atomic mass is 32.2. The number of benzene rings is 2. The first-order chi connectivity index (χ1) is 15.3. The van der Waals surface area contributed by atoms with Crippen LogP contribution >= 0.6 is 23.1 Å². The van der Waals surface area contributed by atoms with Gasteiger partial charge in [0.15, 0.2) is 5.13 Å². The Morgan fingerprint density at radius 3 is 2.50 bits per heavy atom. The lowest BCUT2D eigenvalue weighted by molar-refractivity contribution is 0.0831. The lowest BCUT2D eigenvalue weighted by Crippen LogP contribution is -2.26. The van der Waals surface area contributed by atoms with Gasteiger partial charge in [0.2, 0.25) is 0 Å². The van der Waals surface area contributed by atoms with E-state index in [4.69, 9.17) is 4.74 Å². The first kappa shape index (κ1) is 22.4. The Morgan fingerprint density at radius 1 is 1.12 bits per heavy atom. The van der Waals surface area contributed by atoms with Gasteiger partial charge in [-0.05, 0) is 53.5 Å². The molecule has 1 aliphatic rings. The van der Waals surface area contributed by atoms with E-state index < -0.39 is 0 Å². The number of methoxy groups -OCH3 is 1. The largest absolute Gasteiger partial charge is 0.497 e. The summed E-state index contributed by atoms with van der Waals surface area (Å²) in [5, 5.41) is 7.06. The molecule has 166 valence electrons. The van der Waals surface area contributed by atoms with Gasteiger partial charge in [0, 0.05) is 28.9 Å². The molecule has 4 rings (SSSR count). The van der Waals surface area contributed by atoms with E-state index in [-0.39, 0.29) is 11.3 Å². The van der Waals surface area contributed by atoms with Gasteiger partial charge in [0.25, 0.3) is 5.91 Å². The molecule has 1 aromatic heterocycles. The second-order valence-electron chi connectivity index (χ2n) is 8.55. The van der Waals surface area contributed by atoms with Crippen molar-refractivity contribution in [2.75, 3.05) is 24.7 Å². The number of thiazole rings is 1. The number of nitrogens with zero attached hydrogens (tertiary/aromatic N) is 2. The number of carbonyl (C=O) groups excluding carboxylic acids is 1. The van der Waals surface area contributed by atoms with Crippen LogP contribution < -0.4 is 10.1 Å². The Hall–Kier alpha value is -2.77. The van der Waals surface area contributed by atoms with Gasteiger partial charge in [0.1, 0.15) is 5.75 Å². The second-order valence-corrected chi connectivity index (χ2v) is 10.5. The number of ether oxygens (including phenoxy) is 1. The van der Waals surface area contributed by atoms with E-state index in [0.717, 1.165) is 33.0 Å². The van der Waals surface area contributed by atoms with Crippen molar-refractivity contribution in [3.05, 3.63) is 75.8 Å². The Morgan fingerprint density at radius 2 is 1.84 bits per heavy atom. The molecule has 1 fully saturated rings. The van der Waals surface area contributed by atoms with Gasteiger partial charge < -0.3 is 15.0 Å². The second kappa shape index (κ2) is 9.38. The summed E-state index contributed by atoms with van der Waals surface area (Å²) < 4.78 is 5.20. The molecule has 2 heterocycles. The van der Waals surface area contributed by atoms with E-state index in [9.17, 15) is 4.79 Å². The number of amides is 1.